The maximum atomic E-state index is 13.0. The molecule has 0 radical (unpaired) electrons. The number of hydrogen-bond acceptors (Lipinski definition) is 6. The summed E-state index contributed by atoms with van der Waals surface area (Å²) in [5.41, 5.74) is 1.23. The van der Waals surface area contributed by atoms with Crippen molar-refractivity contribution in [1.82, 2.24) is 29.4 Å². The lowest BCUT2D eigenvalue weighted by Crippen LogP contribution is -2.37. The largest absolute Gasteiger partial charge is 0.314 e. The minimum absolute atomic E-state index is 0.0551. The first kappa shape index (κ1) is 15.0. The van der Waals surface area contributed by atoms with Crippen LogP contribution in [0.25, 0.3) is 16.7 Å². The van der Waals surface area contributed by atoms with Crippen LogP contribution in [0.15, 0.2) is 35.5 Å². The Hall–Kier alpha value is -2.58. The number of aromatic nitrogens is 5. The van der Waals surface area contributed by atoms with Crippen molar-refractivity contribution in [2.24, 2.45) is 0 Å². The van der Waals surface area contributed by atoms with E-state index in [1.807, 2.05) is 19.1 Å². The van der Waals surface area contributed by atoms with Crippen LogP contribution in [0.2, 0.25) is 0 Å². The van der Waals surface area contributed by atoms with E-state index in [0.717, 1.165) is 18.5 Å². The van der Waals surface area contributed by atoms with Crippen LogP contribution in [0.5, 0.6) is 0 Å². The SMILES string of the molecule is Cc1nc2c(cnn2-c2cccnc2)c(=O)n1C1CCN(O)CC1. The topological polar surface area (TPSA) is 89.1 Å². The summed E-state index contributed by atoms with van der Waals surface area (Å²) in [4.78, 5) is 21.7. The Morgan fingerprint density at radius 2 is 2.04 bits per heavy atom. The van der Waals surface area contributed by atoms with Gasteiger partial charge in [-0.2, -0.15) is 10.2 Å². The van der Waals surface area contributed by atoms with Crippen LogP contribution in [0.1, 0.15) is 24.7 Å². The Balaban J connectivity index is 1.83. The molecule has 1 aliphatic heterocycles. The predicted octanol–water partition coefficient (Wildman–Crippen LogP) is 1.31. The van der Waals surface area contributed by atoms with Gasteiger partial charge in [0.25, 0.3) is 5.56 Å². The highest BCUT2D eigenvalue weighted by Gasteiger charge is 2.24. The van der Waals surface area contributed by atoms with Gasteiger partial charge in [0.2, 0.25) is 0 Å². The molecule has 0 amide bonds. The Morgan fingerprint density at radius 1 is 1.25 bits per heavy atom. The number of rotatable bonds is 2. The minimum atomic E-state index is -0.0796. The predicted molar refractivity (Wildman–Crippen MR) is 87.3 cm³/mol. The fourth-order valence-corrected chi connectivity index (χ4v) is 3.29. The number of piperidine rings is 1. The first-order valence-electron chi connectivity index (χ1n) is 7.96. The first-order valence-corrected chi connectivity index (χ1v) is 7.96. The highest BCUT2D eigenvalue weighted by molar-refractivity contribution is 5.75. The Labute approximate surface area is 137 Å². The van der Waals surface area contributed by atoms with Gasteiger partial charge < -0.3 is 5.21 Å². The molecular weight excluding hydrogens is 308 g/mol. The van der Waals surface area contributed by atoms with Crippen molar-refractivity contribution in [1.29, 1.82) is 0 Å². The van der Waals surface area contributed by atoms with E-state index in [2.05, 4.69) is 15.1 Å². The van der Waals surface area contributed by atoms with Crippen LogP contribution in [0.4, 0.5) is 0 Å². The summed E-state index contributed by atoms with van der Waals surface area (Å²) < 4.78 is 3.38. The maximum absolute atomic E-state index is 13.0. The molecule has 0 bridgehead atoms. The van der Waals surface area contributed by atoms with E-state index in [1.54, 1.807) is 27.8 Å². The molecule has 0 aliphatic carbocycles. The highest BCUT2D eigenvalue weighted by Crippen LogP contribution is 2.22. The molecule has 1 N–H and O–H groups in total. The van der Waals surface area contributed by atoms with Crippen molar-refractivity contribution in [3.8, 4) is 5.69 Å². The number of nitrogens with zero attached hydrogens (tertiary/aromatic N) is 6. The van der Waals surface area contributed by atoms with E-state index in [1.165, 1.54) is 5.06 Å². The van der Waals surface area contributed by atoms with Crippen LogP contribution in [0.3, 0.4) is 0 Å². The van der Waals surface area contributed by atoms with Gasteiger partial charge in [-0.1, -0.05) is 0 Å². The average molecular weight is 326 g/mol. The fourth-order valence-electron chi connectivity index (χ4n) is 3.29. The van der Waals surface area contributed by atoms with E-state index in [0.29, 0.717) is 29.9 Å². The fraction of sp³-hybridized carbons (Fsp3) is 0.375. The summed E-state index contributed by atoms with van der Waals surface area (Å²) in [7, 11) is 0. The molecule has 0 spiro atoms. The standard InChI is InChI=1S/C16H18N6O2/c1-11-19-15-14(10-18-22(15)13-3-2-6-17-9-13)16(23)21(11)12-4-7-20(24)8-5-12/h2-3,6,9-10,12,24H,4-5,7-8H2,1H3. The second-order valence-electron chi connectivity index (χ2n) is 6.02. The van der Waals surface area contributed by atoms with Gasteiger partial charge in [0.1, 0.15) is 11.2 Å². The third-order valence-corrected chi connectivity index (χ3v) is 4.51. The number of aryl methyl sites for hydroxylation is 1. The van der Waals surface area contributed by atoms with Gasteiger partial charge in [0.05, 0.1) is 18.1 Å². The van der Waals surface area contributed by atoms with E-state index in [-0.39, 0.29) is 11.6 Å². The zero-order valence-electron chi connectivity index (χ0n) is 13.3. The van der Waals surface area contributed by atoms with Crippen molar-refractivity contribution < 1.29 is 5.21 Å². The van der Waals surface area contributed by atoms with Crippen LogP contribution >= 0.6 is 0 Å². The third-order valence-electron chi connectivity index (χ3n) is 4.51. The molecule has 124 valence electrons. The molecule has 8 nitrogen and oxygen atoms in total. The first-order chi connectivity index (χ1) is 11.6. The molecule has 4 rings (SSSR count). The van der Waals surface area contributed by atoms with Gasteiger partial charge in [-0.05, 0) is 31.9 Å². The molecule has 1 saturated heterocycles. The van der Waals surface area contributed by atoms with E-state index in [9.17, 15) is 10.0 Å². The van der Waals surface area contributed by atoms with E-state index < -0.39 is 0 Å². The van der Waals surface area contributed by atoms with Crippen LogP contribution in [-0.2, 0) is 0 Å². The van der Waals surface area contributed by atoms with Crippen molar-refractivity contribution >= 4 is 11.0 Å². The van der Waals surface area contributed by atoms with Crippen LogP contribution in [-0.4, -0.2) is 47.7 Å². The summed E-state index contributed by atoms with van der Waals surface area (Å²) in [5, 5.41) is 15.6. The summed E-state index contributed by atoms with van der Waals surface area (Å²) in [6.45, 7) is 2.96. The number of pyridine rings is 1. The molecule has 0 atom stereocenters. The second-order valence-corrected chi connectivity index (χ2v) is 6.02. The maximum Gasteiger partial charge on any atom is 0.264 e. The molecule has 3 aromatic rings. The van der Waals surface area contributed by atoms with E-state index in [4.69, 9.17) is 0 Å². The smallest absolute Gasteiger partial charge is 0.264 e. The van der Waals surface area contributed by atoms with Crippen molar-refractivity contribution in [3.63, 3.8) is 0 Å². The zero-order chi connectivity index (χ0) is 16.7. The average Bonchev–Trinajstić information content (AvgIpc) is 3.01. The summed E-state index contributed by atoms with van der Waals surface area (Å²) in [6, 6.07) is 3.75. The Bertz CT molecular complexity index is 925. The lowest BCUT2D eigenvalue weighted by Gasteiger charge is -2.29. The quantitative estimate of drug-likeness (QED) is 0.764. The normalized spacial score (nSPS) is 16.8. The van der Waals surface area contributed by atoms with Crippen LogP contribution in [0, 0.1) is 6.92 Å². The van der Waals surface area contributed by atoms with E-state index >= 15 is 0 Å². The van der Waals surface area contributed by atoms with Gasteiger partial charge in [0.15, 0.2) is 5.65 Å². The lowest BCUT2D eigenvalue weighted by atomic mass is 10.1. The minimum Gasteiger partial charge on any atom is -0.314 e. The van der Waals surface area contributed by atoms with Crippen molar-refractivity contribution in [2.45, 2.75) is 25.8 Å². The highest BCUT2D eigenvalue weighted by atomic mass is 16.5. The summed E-state index contributed by atoms with van der Waals surface area (Å²) in [5.74, 6) is 0.662. The van der Waals surface area contributed by atoms with Gasteiger partial charge in [0, 0.05) is 25.3 Å². The zero-order valence-corrected chi connectivity index (χ0v) is 13.3. The van der Waals surface area contributed by atoms with Gasteiger partial charge >= 0.3 is 0 Å². The monoisotopic (exact) mass is 326 g/mol. The molecule has 0 saturated carbocycles. The van der Waals surface area contributed by atoms with Gasteiger partial charge in [-0.15, -0.1) is 0 Å². The molecular formula is C16H18N6O2. The summed E-state index contributed by atoms with van der Waals surface area (Å²) >= 11 is 0. The third kappa shape index (κ3) is 2.40. The van der Waals surface area contributed by atoms with Gasteiger partial charge in [-0.25, -0.2) is 9.67 Å². The molecule has 1 fully saturated rings. The number of hydrogen-bond donors (Lipinski definition) is 1. The molecule has 0 aromatic carbocycles. The molecule has 1 aliphatic rings. The van der Waals surface area contributed by atoms with Crippen molar-refractivity contribution in [2.75, 3.05) is 13.1 Å². The summed E-state index contributed by atoms with van der Waals surface area (Å²) in [6.07, 6.45) is 6.39. The lowest BCUT2D eigenvalue weighted by molar-refractivity contribution is -0.110. The molecule has 8 heteroatoms. The van der Waals surface area contributed by atoms with Crippen LogP contribution < -0.4 is 5.56 Å². The second kappa shape index (κ2) is 5.81. The Kier molecular flexibility index (Phi) is 3.62. The number of hydroxylamine groups is 2. The molecule has 3 aromatic heterocycles. The molecule has 0 unspecified atom stereocenters. The molecule has 24 heavy (non-hydrogen) atoms. The van der Waals surface area contributed by atoms with Crippen molar-refractivity contribution in [3.05, 3.63) is 46.9 Å². The van der Waals surface area contributed by atoms with Gasteiger partial charge in [-0.3, -0.25) is 14.3 Å². The molecule has 4 heterocycles. The Morgan fingerprint density at radius 3 is 2.75 bits per heavy atom. The number of fused-ring (bicyclic) bond motifs is 1.